The van der Waals surface area contributed by atoms with Gasteiger partial charge in [-0.15, -0.1) is 0 Å². The Morgan fingerprint density at radius 1 is 1.24 bits per heavy atom. The van der Waals surface area contributed by atoms with Crippen molar-refractivity contribution in [2.75, 3.05) is 6.54 Å². The predicted molar refractivity (Wildman–Crippen MR) is 77.4 cm³/mol. The van der Waals surface area contributed by atoms with Gasteiger partial charge in [-0.1, -0.05) is 17.9 Å². The largest absolute Gasteiger partial charge is 0.320 e. The molecule has 21 heavy (non-hydrogen) atoms. The van der Waals surface area contributed by atoms with E-state index in [-0.39, 0.29) is 18.7 Å². The van der Waals surface area contributed by atoms with Crippen molar-refractivity contribution < 1.29 is 4.39 Å². The number of nitrogens with two attached hydrogens (primary N) is 1. The number of nitrogens with zero attached hydrogens (tertiary/aromatic N) is 2. The molecule has 2 aromatic rings. The number of rotatable bonds is 2. The second-order valence-electron chi connectivity index (χ2n) is 4.47. The van der Waals surface area contributed by atoms with E-state index in [2.05, 4.69) is 11.8 Å². The van der Waals surface area contributed by atoms with Gasteiger partial charge in [-0.3, -0.25) is 9.59 Å². The lowest BCUT2D eigenvalue weighted by Gasteiger charge is -2.07. The van der Waals surface area contributed by atoms with Crippen molar-refractivity contribution in [2.45, 2.75) is 6.54 Å². The van der Waals surface area contributed by atoms with Crippen LogP contribution in [0.15, 0.2) is 40.2 Å². The van der Waals surface area contributed by atoms with Crippen molar-refractivity contribution in [2.24, 2.45) is 12.8 Å². The molecule has 5 nitrogen and oxygen atoms in total. The summed E-state index contributed by atoms with van der Waals surface area (Å²) in [6.07, 6.45) is 3.01. The van der Waals surface area contributed by atoms with E-state index in [9.17, 15) is 14.0 Å². The molecule has 0 aliphatic carbocycles. The van der Waals surface area contributed by atoms with Crippen molar-refractivity contribution in [3.63, 3.8) is 0 Å². The van der Waals surface area contributed by atoms with Gasteiger partial charge in [-0.05, 0) is 17.7 Å². The second kappa shape index (κ2) is 6.20. The van der Waals surface area contributed by atoms with Crippen LogP contribution in [0.4, 0.5) is 4.39 Å². The SMILES string of the molecule is Cn1ccn(Cc2ccc(F)c(C#CCN)c2)c(=O)c1=O. The predicted octanol–water partition coefficient (Wildman–Crippen LogP) is 0.0446. The fourth-order valence-electron chi connectivity index (χ4n) is 1.82. The molecule has 0 fully saturated rings. The first-order valence-corrected chi connectivity index (χ1v) is 6.26. The van der Waals surface area contributed by atoms with Gasteiger partial charge < -0.3 is 14.9 Å². The van der Waals surface area contributed by atoms with Gasteiger partial charge in [-0.2, -0.15) is 0 Å². The van der Waals surface area contributed by atoms with Crippen LogP contribution in [0.1, 0.15) is 11.1 Å². The van der Waals surface area contributed by atoms with Gasteiger partial charge in [0.05, 0.1) is 18.7 Å². The molecule has 0 saturated heterocycles. The van der Waals surface area contributed by atoms with E-state index in [1.165, 1.54) is 34.6 Å². The molecular formula is C15H14FN3O2. The van der Waals surface area contributed by atoms with Gasteiger partial charge >= 0.3 is 11.1 Å². The Morgan fingerprint density at radius 3 is 2.71 bits per heavy atom. The van der Waals surface area contributed by atoms with Crippen molar-refractivity contribution in [1.82, 2.24) is 9.13 Å². The molecule has 0 unspecified atom stereocenters. The van der Waals surface area contributed by atoms with Crippen LogP contribution in [0, 0.1) is 17.7 Å². The molecular weight excluding hydrogens is 273 g/mol. The summed E-state index contributed by atoms with van der Waals surface area (Å²) in [7, 11) is 1.51. The van der Waals surface area contributed by atoms with Crippen molar-refractivity contribution >= 4 is 0 Å². The topological polar surface area (TPSA) is 70.0 Å². The zero-order valence-corrected chi connectivity index (χ0v) is 11.5. The van der Waals surface area contributed by atoms with Gasteiger partial charge in [0.2, 0.25) is 0 Å². The average Bonchev–Trinajstić information content (AvgIpc) is 2.48. The maximum Gasteiger partial charge on any atom is 0.316 e. The Morgan fingerprint density at radius 2 is 2.00 bits per heavy atom. The Kier molecular flexibility index (Phi) is 4.36. The zero-order chi connectivity index (χ0) is 15.4. The molecule has 0 atom stereocenters. The molecule has 1 aromatic heterocycles. The molecule has 0 radical (unpaired) electrons. The van der Waals surface area contributed by atoms with Gasteiger partial charge in [0, 0.05) is 19.4 Å². The van der Waals surface area contributed by atoms with E-state index in [4.69, 9.17) is 5.73 Å². The summed E-state index contributed by atoms with van der Waals surface area (Å²) in [5.41, 5.74) is 4.92. The fraction of sp³-hybridized carbons (Fsp3) is 0.200. The number of benzene rings is 1. The van der Waals surface area contributed by atoms with E-state index in [1.807, 2.05) is 0 Å². The second-order valence-corrected chi connectivity index (χ2v) is 4.47. The van der Waals surface area contributed by atoms with Crippen molar-refractivity contribution in [3.05, 3.63) is 68.2 Å². The molecule has 0 spiro atoms. The summed E-state index contributed by atoms with van der Waals surface area (Å²) in [5.74, 6) is 4.76. The summed E-state index contributed by atoms with van der Waals surface area (Å²) in [4.78, 5) is 23.4. The summed E-state index contributed by atoms with van der Waals surface area (Å²) >= 11 is 0. The summed E-state index contributed by atoms with van der Waals surface area (Å²) in [5, 5.41) is 0. The van der Waals surface area contributed by atoms with Crippen LogP contribution in [0.5, 0.6) is 0 Å². The van der Waals surface area contributed by atoms with Crippen LogP contribution in [0.3, 0.4) is 0 Å². The van der Waals surface area contributed by atoms with E-state index < -0.39 is 16.9 Å². The highest BCUT2D eigenvalue weighted by molar-refractivity contribution is 5.38. The Bertz CT molecular complexity index is 840. The third-order valence-corrected chi connectivity index (χ3v) is 2.94. The van der Waals surface area contributed by atoms with Crippen LogP contribution >= 0.6 is 0 Å². The van der Waals surface area contributed by atoms with Gasteiger partial charge in [0.25, 0.3) is 0 Å². The maximum atomic E-state index is 13.6. The van der Waals surface area contributed by atoms with Gasteiger partial charge in [-0.25, -0.2) is 4.39 Å². The number of aromatic nitrogens is 2. The summed E-state index contributed by atoms with van der Waals surface area (Å²) in [6.45, 7) is 0.310. The summed E-state index contributed by atoms with van der Waals surface area (Å²) in [6, 6.07) is 4.37. The molecule has 0 bridgehead atoms. The molecule has 0 amide bonds. The standard InChI is InChI=1S/C15H14FN3O2/c1-18-7-8-19(15(21)14(18)20)10-11-4-5-13(16)12(9-11)3-2-6-17/h4-5,7-9H,6,10,17H2,1H3. The lowest BCUT2D eigenvalue weighted by atomic mass is 10.1. The maximum absolute atomic E-state index is 13.6. The quantitative estimate of drug-likeness (QED) is 0.626. The highest BCUT2D eigenvalue weighted by Gasteiger charge is 2.05. The minimum atomic E-state index is -0.626. The summed E-state index contributed by atoms with van der Waals surface area (Å²) < 4.78 is 16.0. The first-order valence-electron chi connectivity index (χ1n) is 6.26. The molecule has 0 aliphatic heterocycles. The molecule has 0 saturated carbocycles. The average molecular weight is 287 g/mol. The number of hydrogen-bond acceptors (Lipinski definition) is 3. The Labute approximate surface area is 120 Å². The van der Waals surface area contributed by atoms with E-state index in [0.717, 1.165) is 0 Å². The fourth-order valence-corrected chi connectivity index (χ4v) is 1.82. The normalized spacial score (nSPS) is 10.0. The number of aryl methyl sites for hydroxylation is 1. The number of halogens is 1. The lowest BCUT2D eigenvalue weighted by Crippen LogP contribution is -2.39. The van der Waals surface area contributed by atoms with Crippen LogP contribution < -0.4 is 16.9 Å². The molecule has 6 heteroatoms. The molecule has 1 aromatic carbocycles. The van der Waals surface area contributed by atoms with E-state index in [1.54, 1.807) is 12.1 Å². The third kappa shape index (κ3) is 3.27. The van der Waals surface area contributed by atoms with Crippen molar-refractivity contribution in [3.8, 4) is 11.8 Å². The monoisotopic (exact) mass is 287 g/mol. The van der Waals surface area contributed by atoms with Crippen molar-refractivity contribution in [1.29, 1.82) is 0 Å². The minimum absolute atomic E-state index is 0.137. The first-order chi connectivity index (χ1) is 10.0. The van der Waals surface area contributed by atoms with Crippen LogP contribution in [-0.2, 0) is 13.6 Å². The molecule has 2 rings (SSSR count). The lowest BCUT2D eigenvalue weighted by molar-refractivity contribution is 0.622. The molecule has 0 aliphatic rings. The smallest absolute Gasteiger partial charge is 0.316 e. The van der Waals surface area contributed by atoms with E-state index >= 15 is 0 Å². The zero-order valence-electron chi connectivity index (χ0n) is 11.5. The van der Waals surface area contributed by atoms with Crippen LogP contribution in [0.25, 0.3) is 0 Å². The Balaban J connectivity index is 2.39. The van der Waals surface area contributed by atoms with Crippen LogP contribution in [0.2, 0.25) is 0 Å². The van der Waals surface area contributed by atoms with Gasteiger partial charge in [0.1, 0.15) is 5.82 Å². The minimum Gasteiger partial charge on any atom is -0.320 e. The van der Waals surface area contributed by atoms with Gasteiger partial charge in [0.15, 0.2) is 0 Å². The van der Waals surface area contributed by atoms with E-state index in [0.29, 0.717) is 5.56 Å². The Hall–Kier alpha value is -2.65. The highest BCUT2D eigenvalue weighted by atomic mass is 19.1. The molecule has 2 N–H and O–H groups in total. The first kappa shape index (κ1) is 14.8. The molecule has 1 heterocycles. The molecule has 108 valence electrons. The number of hydrogen-bond donors (Lipinski definition) is 1. The van der Waals surface area contributed by atoms with Crippen LogP contribution in [-0.4, -0.2) is 15.7 Å². The third-order valence-electron chi connectivity index (χ3n) is 2.94. The highest BCUT2D eigenvalue weighted by Crippen LogP contribution is 2.10.